The molecule has 0 fully saturated rings. The number of furan rings is 1. The van der Waals surface area contributed by atoms with Crippen molar-refractivity contribution >= 4 is 44.4 Å². The maximum absolute atomic E-state index is 6.63. The van der Waals surface area contributed by atoms with Crippen LogP contribution in [0.15, 0.2) is 180 Å². The number of fused-ring (bicyclic) bond motifs is 6. The van der Waals surface area contributed by atoms with Gasteiger partial charge in [-0.3, -0.25) is 0 Å². The van der Waals surface area contributed by atoms with Crippen molar-refractivity contribution in [3.63, 3.8) is 0 Å². The third-order valence-electron chi connectivity index (χ3n) is 11.6. The molecule has 2 heterocycles. The summed E-state index contributed by atoms with van der Waals surface area (Å²) in [7, 11) is 0. The van der Waals surface area contributed by atoms with E-state index in [4.69, 9.17) is 14.4 Å². The van der Waals surface area contributed by atoms with Crippen LogP contribution in [-0.4, -0.2) is 9.97 Å². The number of benzene rings is 7. The number of hydrogen-bond donors (Lipinski definition) is 0. The van der Waals surface area contributed by atoms with Crippen molar-refractivity contribution in [3.8, 4) is 55.9 Å². The second kappa shape index (κ2) is 13.9. The summed E-state index contributed by atoms with van der Waals surface area (Å²) in [4.78, 5) is 10.1. The van der Waals surface area contributed by atoms with Crippen molar-refractivity contribution in [1.29, 1.82) is 0 Å². The Bertz CT molecular complexity index is 3110. The van der Waals surface area contributed by atoms with Gasteiger partial charge in [-0.1, -0.05) is 152 Å². The molecule has 0 amide bonds. The first-order valence-electron chi connectivity index (χ1n) is 19.9. The highest BCUT2D eigenvalue weighted by molar-refractivity contribution is 6.19. The van der Waals surface area contributed by atoms with Gasteiger partial charge in [0.25, 0.3) is 0 Å². The summed E-state index contributed by atoms with van der Waals surface area (Å²) in [6.07, 6.45) is 15.4. The number of allylic oxidation sites excluding steroid dienone is 5. The highest BCUT2D eigenvalue weighted by Gasteiger charge is 2.18. The minimum Gasteiger partial charge on any atom is -0.455 e. The fraction of sp³-hybridized carbons (Fsp3) is 0.0741. The first-order chi connectivity index (χ1) is 28.2. The van der Waals surface area contributed by atoms with Gasteiger partial charge in [0.1, 0.15) is 11.2 Å². The molecule has 0 radical (unpaired) electrons. The minimum atomic E-state index is 0.766. The lowest BCUT2D eigenvalue weighted by atomic mass is 9.90. The highest BCUT2D eigenvalue weighted by Crippen LogP contribution is 2.42. The Kier molecular flexibility index (Phi) is 8.10. The molecule has 3 heteroatoms. The van der Waals surface area contributed by atoms with Crippen LogP contribution in [0.25, 0.3) is 100 Å². The average Bonchev–Trinajstić information content (AvgIpc) is 3.67. The SMILES string of the molecule is C1=CC(c2nc(-c3ccccc3)cc(-c3ccc(-c4cccc(-c5ccc6oc7c8ccccc8c(-c8ccc9c(c8)CCC=C9)cc7c6c5)c4)cc3)n2)=CCC1. The Morgan fingerprint density at radius 3 is 1.95 bits per heavy atom. The molecule has 0 aliphatic heterocycles. The molecular weight excluding hydrogens is 693 g/mol. The summed E-state index contributed by atoms with van der Waals surface area (Å²) in [5, 5.41) is 4.63. The number of hydrogen-bond acceptors (Lipinski definition) is 3. The largest absolute Gasteiger partial charge is 0.455 e. The van der Waals surface area contributed by atoms with Crippen LogP contribution in [0.4, 0.5) is 0 Å². The lowest BCUT2D eigenvalue weighted by Gasteiger charge is -2.14. The maximum Gasteiger partial charge on any atom is 0.160 e. The minimum absolute atomic E-state index is 0.766. The first-order valence-corrected chi connectivity index (χ1v) is 19.9. The van der Waals surface area contributed by atoms with E-state index in [2.05, 4.69) is 176 Å². The Morgan fingerprint density at radius 2 is 1.12 bits per heavy atom. The normalized spacial score (nSPS) is 13.6. The molecule has 0 bridgehead atoms. The Hall–Kier alpha value is -7.10. The smallest absolute Gasteiger partial charge is 0.160 e. The molecule has 2 aromatic heterocycles. The van der Waals surface area contributed by atoms with Crippen LogP contribution in [0.5, 0.6) is 0 Å². The molecule has 0 saturated heterocycles. The summed E-state index contributed by atoms with van der Waals surface area (Å²) in [6, 6.07) is 54.6. The van der Waals surface area contributed by atoms with Crippen molar-refractivity contribution in [2.75, 3.05) is 0 Å². The van der Waals surface area contributed by atoms with Gasteiger partial charge in [-0.15, -0.1) is 0 Å². The van der Waals surface area contributed by atoms with Crippen LogP contribution < -0.4 is 0 Å². The van der Waals surface area contributed by atoms with Gasteiger partial charge in [0.2, 0.25) is 0 Å². The zero-order valence-corrected chi connectivity index (χ0v) is 31.5. The van der Waals surface area contributed by atoms with Crippen molar-refractivity contribution < 1.29 is 4.42 Å². The van der Waals surface area contributed by atoms with Crippen LogP contribution in [0.2, 0.25) is 0 Å². The molecule has 57 heavy (non-hydrogen) atoms. The van der Waals surface area contributed by atoms with Gasteiger partial charge in [0.15, 0.2) is 5.82 Å². The quantitative estimate of drug-likeness (QED) is 0.171. The van der Waals surface area contributed by atoms with Gasteiger partial charge in [0.05, 0.1) is 11.4 Å². The third-order valence-corrected chi connectivity index (χ3v) is 11.6. The van der Waals surface area contributed by atoms with Gasteiger partial charge in [-0.25, -0.2) is 9.97 Å². The van der Waals surface area contributed by atoms with E-state index in [1.807, 2.05) is 6.07 Å². The monoisotopic (exact) mass is 730 g/mol. The summed E-state index contributed by atoms with van der Waals surface area (Å²) in [6.45, 7) is 0. The van der Waals surface area contributed by atoms with E-state index in [-0.39, 0.29) is 0 Å². The zero-order chi connectivity index (χ0) is 37.7. The van der Waals surface area contributed by atoms with Crippen LogP contribution in [0, 0.1) is 0 Å². The molecule has 270 valence electrons. The summed E-state index contributed by atoms with van der Waals surface area (Å²) in [5.41, 5.74) is 16.8. The fourth-order valence-electron chi connectivity index (χ4n) is 8.59. The first kappa shape index (κ1) is 33.3. The van der Waals surface area contributed by atoms with Crippen molar-refractivity contribution in [2.45, 2.75) is 25.7 Å². The fourth-order valence-corrected chi connectivity index (χ4v) is 8.59. The molecule has 0 unspecified atom stereocenters. The lowest BCUT2D eigenvalue weighted by molar-refractivity contribution is 0.673. The topological polar surface area (TPSA) is 38.9 Å². The highest BCUT2D eigenvalue weighted by atomic mass is 16.3. The number of aromatic nitrogens is 2. The van der Waals surface area contributed by atoms with Crippen LogP contribution in [0.1, 0.15) is 36.2 Å². The van der Waals surface area contributed by atoms with Gasteiger partial charge >= 0.3 is 0 Å². The zero-order valence-electron chi connectivity index (χ0n) is 31.5. The van der Waals surface area contributed by atoms with E-state index < -0.39 is 0 Å². The Labute approximate surface area is 332 Å². The number of nitrogens with zero attached hydrogens (tertiary/aromatic N) is 2. The molecule has 3 nitrogen and oxygen atoms in total. The molecule has 0 atom stereocenters. The summed E-state index contributed by atoms with van der Waals surface area (Å²) < 4.78 is 6.63. The van der Waals surface area contributed by atoms with E-state index in [9.17, 15) is 0 Å². The van der Waals surface area contributed by atoms with E-state index in [0.717, 1.165) is 104 Å². The van der Waals surface area contributed by atoms with Gasteiger partial charge in [-0.05, 0) is 106 Å². The Morgan fingerprint density at radius 1 is 0.439 bits per heavy atom. The summed E-state index contributed by atoms with van der Waals surface area (Å²) >= 11 is 0. The lowest BCUT2D eigenvalue weighted by Crippen LogP contribution is -1.99. The molecule has 0 spiro atoms. The van der Waals surface area contributed by atoms with E-state index in [0.29, 0.717) is 0 Å². The van der Waals surface area contributed by atoms with Crippen molar-refractivity contribution in [2.24, 2.45) is 0 Å². The second-order valence-electron chi connectivity index (χ2n) is 15.1. The standard InChI is InChI=1S/C54H38N2O/c1-3-13-37(14-4-1)50-34-51(56-54(55-50)39-15-5-2-6-16-39)38-25-22-36(23-26-38)41-18-11-19-42(30-41)43-28-29-52-48(32-43)49-33-47(45-20-9-10-21-46(45)53(49)57-52)44-27-24-35-12-7-8-17-40(35)31-44/h1,3-5,7,9-16,18-34H,2,6,8,17H2. The summed E-state index contributed by atoms with van der Waals surface area (Å²) in [5.74, 6) is 0.766. The number of aryl methyl sites for hydroxylation is 1. The molecule has 9 aromatic rings. The number of rotatable bonds is 6. The Balaban J connectivity index is 0.955. The molecule has 0 N–H and O–H groups in total. The predicted octanol–water partition coefficient (Wildman–Crippen LogP) is 14.6. The molecule has 2 aliphatic rings. The van der Waals surface area contributed by atoms with Crippen molar-refractivity contribution in [1.82, 2.24) is 9.97 Å². The van der Waals surface area contributed by atoms with E-state index in [1.54, 1.807) is 0 Å². The van der Waals surface area contributed by atoms with E-state index in [1.165, 1.54) is 33.2 Å². The third kappa shape index (κ3) is 6.09. The van der Waals surface area contributed by atoms with Gasteiger partial charge in [-0.2, -0.15) is 0 Å². The average molecular weight is 731 g/mol. The predicted molar refractivity (Wildman–Crippen MR) is 238 cm³/mol. The van der Waals surface area contributed by atoms with Crippen molar-refractivity contribution in [3.05, 3.63) is 193 Å². The molecule has 7 aromatic carbocycles. The second-order valence-corrected chi connectivity index (χ2v) is 15.1. The maximum atomic E-state index is 6.63. The van der Waals surface area contributed by atoms with Gasteiger partial charge in [0, 0.05) is 32.9 Å². The van der Waals surface area contributed by atoms with Crippen LogP contribution in [-0.2, 0) is 6.42 Å². The molecule has 11 rings (SSSR count). The molecule has 0 saturated carbocycles. The van der Waals surface area contributed by atoms with E-state index >= 15 is 0 Å². The van der Waals surface area contributed by atoms with Crippen LogP contribution in [0.3, 0.4) is 0 Å². The van der Waals surface area contributed by atoms with Crippen LogP contribution >= 0.6 is 0 Å². The molecule has 2 aliphatic carbocycles. The molecular formula is C54H38N2O. The van der Waals surface area contributed by atoms with Gasteiger partial charge < -0.3 is 4.42 Å².